The van der Waals surface area contributed by atoms with Crippen molar-refractivity contribution in [3.63, 3.8) is 0 Å². The Morgan fingerprint density at radius 3 is 2.55 bits per heavy atom. The number of rotatable bonds is 2. The lowest BCUT2D eigenvalue weighted by atomic mass is 10.1. The van der Waals surface area contributed by atoms with E-state index in [1.807, 2.05) is 0 Å². The highest BCUT2D eigenvalue weighted by Crippen LogP contribution is 2.32. The van der Waals surface area contributed by atoms with Crippen LogP contribution in [0, 0.1) is 11.6 Å². The third kappa shape index (κ3) is 3.08. The van der Waals surface area contributed by atoms with Crippen molar-refractivity contribution < 1.29 is 18.7 Å². The molecular formula is C13H7BrClF2NO2. The van der Waals surface area contributed by atoms with Gasteiger partial charge in [-0.2, -0.15) is 0 Å². The van der Waals surface area contributed by atoms with Crippen LogP contribution < -0.4 is 5.32 Å². The van der Waals surface area contributed by atoms with Gasteiger partial charge in [-0.1, -0.05) is 11.6 Å². The first kappa shape index (κ1) is 14.7. The summed E-state index contributed by atoms with van der Waals surface area (Å²) in [5.41, 5.74) is -0.126. The summed E-state index contributed by atoms with van der Waals surface area (Å²) >= 11 is 8.87. The van der Waals surface area contributed by atoms with Gasteiger partial charge in [0.2, 0.25) is 0 Å². The Morgan fingerprint density at radius 2 is 1.90 bits per heavy atom. The second-order valence-electron chi connectivity index (χ2n) is 3.86. The number of amides is 1. The highest BCUT2D eigenvalue weighted by Gasteiger charge is 2.16. The minimum atomic E-state index is -0.767. The summed E-state index contributed by atoms with van der Waals surface area (Å²) in [5.74, 6) is -2.39. The van der Waals surface area contributed by atoms with E-state index in [1.54, 1.807) is 0 Å². The molecule has 0 aliphatic heterocycles. The number of phenols is 1. The van der Waals surface area contributed by atoms with Crippen molar-refractivity contribution in [2.75, 3.05) is 5.32 Å². The summed E-state index contributed by atoms with van der Waals surface area (Å²) in [5, 5.41) is 11.9. The lowest BCUT2D eigenvalue weighted by Gasteiger charge is -2.10. The zero-order valence-corrected chi connectivity index (χ0v) is 12.1. The number of halogens is 4. The standard InChI is InChI=1S/C13H7BrClF2NO2/c14-9-4-7(17)5-10(15)12(9)18-13(20)8-3-6(16)1-2-11(8)19/h1-5,19H,(H,18,20). The molecule has 0 radical (unpaired) electrons. The zero-order chi connectivity index (χ0) is 14.9. The van der Waals surface area contributed by atoms with Gasteiger partial charge in [0, 0.05) is 4.47 Å². The van der Waals surface area contributed by atoms with Crippen molar-refractivity contribution >= 4 is 39.1 Å². The molecule has 0 saturated carbocycles. The Kier molecular flexibility index (Phi) is 4.25. The SMILES string of the molecule is O=C(Nc1c(Cl)cc(F)cc1Br)c1cc(F)ccc1O. The number of carbonyl (C=O) groups is 1. The summed E-state index contributed by atoms with van der Waals surface area (Å²) in [7, 11) is 0. The topological polar surface area (TPSA) is 49.3 Å². The quantitative estimate of drug-likeness (QED) is 0.835. The van der Waals surface area contributed by atoms with Gasteiger partial charge in [0.25, 0.3) is 5.91 Å². The number of hydrogen-bond acceptors (Lipinski definition) is 2. The molecule has 0 aromatic heterocycles. The summed E-state index contributed by atoms with van der Waals surface area (Å²) in [4.78, 5) is 12.0. The van der Waals surface area contributed by atoms with E-state index >= 15 is 0 Å². The molecule has 0 fully saturated rings. The van der Waals surface area contributed by atoms with E-state index in [-0.39, 0.29) is 26.5 Å². The molecule has 104 valence electrons. The van der Waals surface area contributed by atoms with E-state index in [2.05, 4.69) is 21.2 Å². The molecule has 0 aliphatic carbocycles. The van der Waals surface area contributed by atoms with Crippen molar-refractivity contribution in [3.05, 3.63) is 57.0 Å². The van der Waals surface area contributed by atoms with Gasteiger partial charge < -0.3 is 10.4 Å². The number of phenolic OH excluding ortho intramolecular Hbond substituents is 1. The van der Waals surface area contributed by atoms with E-state index in [4.69, 9.17) is 11.6 Å². The molecule has 1 amide bonds. The number of nitrogens with one attached hydrogen (secondary N) is 1. The monoisotopic (exact) mass is 361 g/mol. The van der Waals surface area contributed by atoms with Gasteiger partial charge in [-0.15, -0.1) is 0 Å². The molecular weight excluding hydrogens is 356 g/mol. The summed E-state index contributed by atoms with van der Waals surface area (Å²) < 4.78 is 26.4. The summed E-state index contributed by atoms with van der Waals surface area (Å²) in [6.45, 7) is 0. The molecule has 2 aromatic rings. The normalized spacial score (nSPS) is 10.4. The number of anilines is 1. The van der Waals surface area contributed by atoms with Crippen LogP contribution in [-0.2, 0) is 0 Å². The van der Waals surface area contributed by atoms with E-state index < -0.39 is 17.5 Å². The third-order valence-electron chi connectivity index (χ3n) is 2.45. The maximum Gasteiger partial charge on any atom is 0.259 e. The van der Waals surface area contributed by atoms with E-state index in [9.17, 15) is 18.7 Å². The molecule has 20 heavy (non-hydrogen) atoms. The van der Waals surface area contributed by atoms with E-state index in [0.717, 1.165) is 30.3 Å². The van der Waals surface area contributed by atoms with Gasteiger partial charge >= 0.3 is 0 Å². The molecule has 7 heteroatoms. The fourth-order valence-corrected chi connectivity index (χ4v) is 2.43. The number of benzene rings is 2. The minimum Gasteiger partial charge on any atom is -0.507 e. The van der Waals surface area contributed by atoms with Crippen LogP contribution in [0.25, 0.3) is 0 Å². The van der Waals surface area contributed by atoms with E-state index in [1.165, 1.54) is 0 Å². The van der Waals surface area contributed by atoms with Gasteiger partial charge in [0.1, 0.15) is 17.4 Å². The molecule has 0 aliphatic rings. The Labute approximate surface area is 126 Å². The Hall–Kier alpha value is -1.66. The molecule has 0 unspecified atom stereocenters. The fraction of sp³-hybridized carbons (Fsp3) is 0. The maximum absolute atomic E-state index is 13.1. The molecule has 2 aromatic carbocycles. The highest BCUT2D eigenvalue weighted by molar-refractivity contribution is 9.10. The van der Waals surface area contributed by atoms with Gasteiger partial charge in [0.15, 0.2) is 0 Å². The first-order valence-corrected chi connectivity index (χ1v) is 6.50. The van der Waals surface area contributed by atoms with Crippen LogP contribution in [-0.4, -0.2) is 11.0 Å². The molecule has 2 rings (SSSR count). The molecule has 0 spiro atoms. The minimum absolute atomic E-state index is 0.0267. The molecule has 2 N–H and O–H groups in total. The second kappa shape index (κ2) is 5.76. The van der Waals surface area contributed by atoms with Crippen LogP contribution in [0.2, 0.25) is 5.02 Å². The largest absolute Gasteiger partial charge is 0.507 e. The van der Waals surface area contributed by atoms with Crippen LogP contribution in [0.5, 0.6) is 5.75 Å². The van der Waals surface area contributed by atoms with Crippen molar-refractivity contribution in [2.45, 2.75) is 0 Å². The highest BCUT2D eigenvalue weighted by atomic mass is 79.9. The maximum atomic E-state index is 13.1. The average Bonchev–Trinajstić information content (AvgIpc) is 2.36. The van der Waals surface area contributed by atoms with Gasteiger partial charge in [-0.25, -0.2) is 8.78 Å². The molecule has 3 nitrogen and oxygen atoms in total. The van der Waals surface area contributed by atoms with Gasteiger partial charge in [-0.05, 0) is 46.3 Å². The van der Waals surface area contributed by atoms with Crippen molar-refractivity contribution in [1.29, 1.82) is 0 Å². The number of hydrogen-bond donors (Lipinski definition) is 2. The second-order valence-corrected chi connectivity index (χ2v) is 5.12. The third-order valence-corrected chi connectivity index (χ3v) is 3.37. The van der Waals surface area contributed by atoms with Gasteiger partial charge in [-0.3, -0.25) is 4.79 Å². The lowest BCUT2D eigenvalue weighted by molar-refractivity contribution is 0.102. The van der Waals surface area contributed by atoms with E-state index in [0.29, 0.717) is 0 Å². The Bertz CT molecular complexity index is 671. The molecule has 0 atom stereocenters. The van der Waals surface area contributed by atoms with Crippen LogP contribution in [0.15, 0.2) is 34.8 Å². The van der Waals surface area contributed by atoms with Crippen LogP contribution in [0.3, 0.4) is 0 Å². The molecule has 0 heterocycles. The Balaban J connectivity index is 2.35. The first-order valence-electron chi connectivity index (χ1n) is 5.33. The van der Waals surface area contributed by atoms with Crippen LogP contribution in [0.1, 0.15) is 10.4 Å². The van der Waals surface area contributed by atoms with Crippen LogP contribution >= 0.6 is 27.5 Å². The van der Waals surface area contributed by atoms with Gasteiger partial charge in [0.05, 0.1) is 16.3 Å². The molecule has 0 saturated heterocycles. The number of carbonyl (C=O) groups excluding carboxylic acids is 1. The molecule has 0 bridgehead atoms. The Morgan fingerprint density at radius 1 is 1.20 bits per heavy atom. The fourth-order valence-electron chi connectivity index (χ4n) is 1.53. The lowest BCUT2D eigenvalue weighted by Crippen LogP contribution is -2.13. The smallest absolute Gasteiger partial charge is 0.259 e. The van der Waals surface area contributed by atoms with Crippen molar-refractivity contribution in [3.8, 4) is 5.75 Å². The summed E-state index contributed by atoms with van der Waals surface area (Å²) in [6.07, 6.45) is 0. The van der Waals surface area contributed by atoms with Crippen molar-refractivity contribution in [1.82, 2.24) is 0 Å². The predicted molar refractivity (Wildman–Crippen MR) is 75.1 cm³/mol. The predicted octanol–water partition coefficient (Wildman–Crippen LogP) is 4.34. The first-order chi connectivity index (χ1) is 9.38. The zero-order valence-electron chi connectivity index (χ0n) is 9.75. The van der Waals surface area contributed by atoms with Crippen LogP contribution in [0.4, 0.5) is 14.5 Å². The average molecular weight is 363 g/mol. The summed E-state index contributed by atoms with van der Waals surface area (Å²) in [6, 6.07) is 5.11. The number of aromatic hydroxyl groups is 1. The van der Waals surface area contributed by atoms with Crippen molar-refractivity contribution in [2.24, 2.45) is 0 Å².